The van der Waals surface area contributed by atoms with E-state index < -0.39 is 23.0 Å². The lowest BCUT2D eigenvalue weighted by Crippen LogP contribution is -1.94. The van der Waals surface area contributed by atoms with Crippen LogP contribution < -0.4 is 0 Å². The molecule has 0 spiro atoms. The lowest BCUT2D eigenvalue weighted by Gasteiger charge is -2.03. The van der Waals surface area contributed by atoms with Gasteiger partial charge in [0.25, 0.3) is 0 Å². The molecule has 2 rings (SSSR count). The first kappa shape index (κ1) is 11.3. The fourth-order valence-corrected chi connectivity index (χ4v) is 1.42. The second-order valence-corrected chi connectivity index (χ2v) is 3.38. The number of aliphatic hydroxyl groups is 1. The van der Waals surface area contributed by atoms with Crippen LogP contribution in [0.2, 0.25) is 0 Å². The zero-order valence-corrected chi connectivity index (χ0v) is 8.77. The standard InChI is InChI=1S/C13H9F2NO/c14-10-5-3-6-11(15)13(10)12(17)8-9-4-1-2-7-16-9/h1-8,17H/b12-8-. The number of aromatic nitrogens is 1. The van der Waals surface area contributed by atoms with E-state index in [1.807, 2.05) is 0 Å². The van der Waals surface area contributed by atoms with E-state index in [0.29, 0.717) is 5.69 Å². The summed E-state index contributed by atoms with van der Waals surface area (Å²) in [5, 5.41) is 9.68. The molecule has 17 heavy (non-hydrogen) atoms. The summed E-state index contributed by atoms with van der Waals surface area (Å²) in [5.41, 5.74) is -0.0224. The number of hydrogen-bond acceptors (Lipinski definition) is 2. The lowest BCUT2D eigenvalue weighted by molar-refractivity contribution is 0.491. The molecule has 4 heteroatoms. The molecule has 0 radical (unpaired) electrons. The van der Waals surface area contributed by atoms with Crippen molar-refractivity contribution in [1.82, 2.24) is 4.98 Å². The molecule has 0 aliphatic rings. The van der Waals surface area contributed by atoms with E-state index in [9.17, 15) is 13.9 Å². The second kappa shape index (κ2) is 4.74. The monoisotopic (exact) mass is 233 g/mol. The van der Waals surface area contributed by atoms with Gasteiger partial charge in [0.15, 0.2) is 0 Å². The summed E-state index contributed by atoms with van der Waals surface area (Å²) < 4.78 is 26.7. The number of pyridine rings is 1. The first-order valence-electron chi connectivity index (χ1n) is 4.94. The molecule has 0 unspecified atom stereocenters. The van der Waals surface area contributed by atoms with E-state index in [1.54, 1.807) is 18.2 Å². The van der Waals surface area contributed by atoms with Crippen LogP contribution in [0.5, 0.6) is 0 Å². The normalized spacial score (nSPS) is 11.5. The van der Waals surface area contributed by atoms with Crippen molar-refractivity contribution in [3.8, 4) is 0 Å². The maximum Gasteiger partial charge on any atom is 0.137 e. The van der Waals surface area contributed by atoms with Crippen molar-refractivity contribution in [3.05, 3.63) is 65.5 Å². The molecule has 1 aromatic heterocycles. The third-order valence-electron chi connectivity index (χ3n) is 2.19. The van der Waals surface area contributed by atoms with Crippen molar-refractivity contribution in [2.24, 2.45) is 0 Å². The lowest BCUT2D eigenvalue weighted by atomic mass is 10.1. The first-order valence-corrected chi connectivity index (χ1v) is 4.94. The third kappa shape index (κ3) is 2.47. The fraction of sp³-hybridized carbons (Fsp3) is 0. The summed E-state index contributed by atoms with van der Waals surface area (Å²) in [6, 6.07) is 8.45. The van der Waals surface area contributed by atoms with Crippen molar-refractivity contribution in [1.29, 1.82) is 0 Å². The maximum atomic E-state index is 13.3. The molecule has 0 bridgehead atoms. The van der Waals surface area contributed by atoms with Gasteiger partial charge in [-0.3, -0.25) is 4.98 Å². The summed E-state index contributed by atoms with van der Waals surface area (Å²) >= 11 is 0. The minimum absolute atomic E-state index is 0.424. The van der Waals surface area contributed by atoms with Gasteiger partial charge in [0, 0.05) is 12.3 Å². The minimum atomic E-state index is -0.810. The van der Waals surface area contributed by atoms with Gasteiger partial charge in [-0.05, 0) is 24.3 Å². The smallest absolute Gasteiger partial charge is 0.137 e. The van der Waals surface area contributed by atoms with Crippen LogP contribution >= 0.6 is 0 Å². The Bertz CT molecular complexity index is 532. The zero-order chi connectivity index (χ0) is 12.3. The molecule has 86 valence electrons. The van der Waals surface area contributed by atoms with Crippen LogP contribution in [0.1, 0.15) is 11.3 Å². The number of halogens is 2. The van der Waals surface area contributed by atoms with Crippen LogP contribution in [0.4, 0.5) is 8.78 Å². The minimum Gasteiger partial charge on any atom is -0.507 e. The highest BCUT2D eigenvalue weighted by atomic mass is 19.1. The van der Waals surface area contributed by atoms with Crippen molar-refractivity contribution in [3.63, 3.8) is 0 Å². The highest BCUT2D eigenvalue weighted by molar-refractivity contribution is 5.75. The highest BCUT2D eigenvalue weighted by Gasteiger charge is 2.12. The summed E-state index contributed by atoms with van der Waals surface area (Å²) in [6.45, 7) is 0. The number of hydrogen-bond donors (Lipinski definition) is 1. The van der Waals surface area contributed by atoms with Gasteiger partial charge in [0.1, 0.15) is 17.4 Å². The summed E-state index contributed by atoms with van der Waals surface area (Å²) in [7, 11) is 0. The summed E-state index contributed by atoms with van der Waals surface area (Å²) in [6.07, 6.45) is 2.73. The molecular weight excluding hydrogens is 224 g/mol. The van der Waals surface area contributed by atoms with Gasteiger partial charge < -0.3 is 5.11 Å². The molecular formula is C13H9F2NO. The van der Waals surface area contributed by atoms with Crippen molar-refractivity contribution < 1.29 is 13.9 Å². The van der Waals surface area contributed by atoms with Crippen molar-refractivity contribution in [2.45, 2.75) is 0 Å². The van der Waals surface area contributed by atoms with Gasteiger partial charge in [0.05, 0.1) is 11.3 Å². The molecule has 0 amide bonds. The summed E-state index contributed by atoms with van der Waals surface area (Å²) in [4.78, 5) is 3.92. The van der Waals surface area contributed by atoms with E-state index in [1.165, 1.54) is 18.3 Å². The largest absolute Gasteiger partial charge is 0.507 e. The highest BCUT2D eigenvalue weighted by Crippen LogP contribution is 2.21. The topological polar surface area (TPSA) is 33.1 Å². The Kier molecular flexibility index (Phi) is 3.14. The quantitative estimate of drug-likeness (QED) is 0.806. The van der Waals surface area contributed by atoms with Crippen LogP contribution in [0, 0.1) is 11.6 Å². The number of rotatable bonds is 2. The molecule has 0 saturated heterocycles. The molecule has 0 fully saturated rings. The van der Waals surface area contributed by atoms with E-state index in [0.717, 1.165) is 12.1 Å². The third-order valence-corrected chi connectivity index (χ3v) is 2.19. The predicted molar refractivity (Wildman–Crippen MR) is 61.1 cm³/mol. The maximum absolute atomic E-state index is 13.3. The Morgan fingerprint density at radius 3 is 2.35 bits per heavy atom. The average molecular weight is 233 g/mol. The van der Waals surface area contributed by atoms with Crippen LogP contribution in [0.15, 0.2) is 42.6 Å². The molecule has 2 aromatic rings. The molecule has 0 aliphatic carbocycles. The Balaban J connectivity index is 2.44. The summed E-state index contributed by atoms with van der Waals surface area (Å²) in [5.74, 6) is -2.11. The number of aliphatic hydroxyl groups excluding tert-OH is 1. The van der Waals surface area contributed by atoms with E-state index in [-0.39, 0.29) is 0 Å². The van der Waals surface area contributed by atoms with Gasteiger partial charge in [-0.2, -0.15) is 0 Å². The first-order chi connectivity index (χ1) is 8.18. The van der Waals surface area contributed by atoms with Crippen LogP contribution in [0.3, 0.4) is 0 Å². The van der Waals surface area contributed by atoms with Crippen LogP contribution in [0.25, 0.3) is 11.8 Å². The fourth-order valence-electron chi connectivity index (χ4n) is 1.42. The predicted octanol–water partition coefficient (Wildman–Crippen LogP) is 3.42. The van der Waals surface area contributed by atoms with E-state index >= 15 is 0 Å². The van der Waals surface area contributed by atoms with Crippen molar-refractivity contribution in [2.75, 3.05) is 0 Å². The van der Waals surface area contributed by atoms with E-state index in [4.69, 9.17) is 0 Å². The van der Waals surface area contributed by atoms with E-state index in [2.05, 4.69) is 4.98 Å². The Labute approximate surface area is 96.9 Å². The molecule has 0 aliphatic heterocycles. The molecule has 1 heterocycles. The van der Waals surface area contributed by atoms with Gasteiger partial charge >= 0.3 is 0 Å². The van der Waals surface area contributed by atoms with Gasteiger partial charge in [0.2, 0.25) is 0 Å². The number of benzene rings is 1. The van der Waals surface area contributed by atoms with Gasteiger partial charge in [-0.1, -0.05) is 12.1 Å². The molecule has 0 saturated carbocycles. The SMILES string of the molecule is O/C(=C\c1ccccn1)c1c(F)cccc1F. The molecule has 2 nitrogen and oxygen atoms in total. The number of nitrogens with zero attached hydrogens (tertiary/aromatic N) is 1. The van der Waals surface area contributed by atoms with Gasteiger partial charge in [-0.25, -0.2) is 8.78 Å². The average Bonchev–Trinajstić information content (AvgIpc) is 2.30. The van der Waals surface area contributed by atoms with Crippen molar-refractivity contribution >= 4 is 11.8 Å². The Hall–Kier alpha value is -2.23. The molecule has 0 atom stereocenters. The second-order valence-electron chi connectivity index (χ2n) is 3.38. The molecule has 1 N–H and O–H groups in total. The van der Waals surface area contributed by atoms with Crippen LogP contribution in [-0.2, 0) is 0 Å². The van der Waals surface area contributed by atoms with Gasteiger partial charge in [-0.15, -0.1) is 0 Å². The molecule has 1 aromatic carbocycles. The van der Waals surface area contributed by atoms with Crippen LogP contribution in [-0.4, -0.2) is 10.1 Å². The Morgan fingerprint density at radius 2 is 1.76 bits per heavy atom. The zero-order valence-electron chi connectivity index (χ0n) is 8.77. The Morgan fingerprint density at radius 1 is 1.06 bits per heavy atom.